The van der Waals surface area contributed by atoms with Gasteiger partial charge < -0.3 is 19.0 Å². The van der Waals surface area contributed by atoms with Crippen LogP contribution in [-0.2, 0) is 9.59 Å². The molecule has 2 aromatic carbocycles. The molecule has 6 rings (SSSR count). The Balaban J connectivity index is 1.55. The first-order valence-electron chi connectivity index (χ1n) is 13.3. The Bertz CT molecular complexity index is 1850. The lowest BCUT2D eigenvalue weighted by Crippen LogP contribution is -2.29. The number of aliphatic hydroxyl groups is 1. The summed E-state index contributed by atoms with van der Waals surface area (Å²) in [5.74, 6) is -0.553. The normalized spacial score (nSPS) is 16.7. The molecule has 1 N–H and O–H groups in total. The van der Waals surface area contributed by atoms with Gasteiger partial charge in [-0.1, -0.05) is 29.5 Å². The van der Waals surface area contributed by atoms with E-state index in [0.29, 0.717) is 52.3 Å². The molecular weight excluding hydrogens is 540 g/mol. The number of carbonyl (C=O) groups is 2. The van der Waals surface area contributed by atoms with Crippen molar-refractivity contribution in [1.82, 2.24) is 14.4 Å². The van der Waals surface area contributed by atoms with Gasteiger partial charge in [-0.05, 0) is 75.2 Å². The Kier molecular flexibility index (Phi) is 6.70. The molecule has 0 radical (unpaired) electrons. The van der Waals surface area contributed by atoms with Gasteiger partial charge >= 0.3 is 5.91 Å². The maximum atomic E-state index is 13.7. The largest absolute Gasteiger partial charge is 0.505 e. The van der Waals surface area contributed by atoms with Crippen LogP contribution < -0.4 is 14.4 Å². The number of ketones is 1. The van der Waals surface area contributed by atoms with Gasteiger partial charge in [0.2, 0.25) is 0 Å². The summed E-state index contributed by atoms with van der Waals surface area (Å²) >= 11 is 1.28. The maximum Gasteiger partial charge on any atom is 0.301 e. The summed E-state index contributed by atoms with van der Waals surface area (Å²) in [5.41, 5.74) is 3.74. The van der Waals surface area contributed by atoms with Gasteiger partial charge in [0.25, 0.3) is 5.78 Å². The Morgan fingerprint density at radius 2 is 1.68 bits per heavy atom. The predicted octanol–water partition coefficient (Wildman–Crippen LogP) is 5.98. The smallest absolute Gasteiger partial charge is 0.301 e. The van der Waals surface area contributed by atoms with Gasteiger partial charge in [0.15, 0.2) is 10.9 Å². The van der Waals surface area contributed by atoms with Crippen LogP contribution in [0, 0.1) is 13.8 Å². The number of aryl methyl sites for hydroxylation is 2. The van der Waals surface area contributed by atoms with Crippen molar-refractivity contribution in [2.24, 2.45) is 0 Å². The van der Waals surface area contributed by atoms with Crippen molar-refractivity contribution >= 4 is 49.8 Å². The summed E-state index contributed by atoms with van der Waals surface area (Å²) in [6.07, 6.45) is 1.85. The lowest BCUT2D eigenvalue weighted by atomic mass is 9.96. The predicted molar refractivity (Wildman–Crippen MR) is 158 cm³/mol. The van der Waals surface area contributed by atoms with E-state index in [9.17, 15) is 14.7 Å². The number of aliphatic hydroxyl groups excluding tert-OH is 1. The van der Waals surface area contributed by atoms with E-state index in [2.05, 4.69) is 4.98 Å². The minimum absolute atomic E-state index is 0.0439. The van der Waals surface area contributed by atoms with Gasteiger partial charge in [-0.2, -0.15) is 0 Å². The molecular formula is C31H28N4O5S. The number of ether oxygens (including phenoxy) is 2. The number of Topliss-reactive ketones (excluding diaryl/α,β-unsaturated/α-hetero) is 1. The lowest BCUT2D eigenvalue weighted by molar-refractivity contribution is -0.132. The molecule has 9 nitrogen and oxygen atoms in total. The number of thiazole rings is 1. The first-order valence-corrected chi connectivity index (χ1v) is 14.2. The van der Waals surface area contributed by atoms with Crippen molar-refractivity contribution in [3.05, 3.63) is 88.9 Å². The zero-order valence-corrected chi connectivity index (χ0v) is 23.9. The summed E-state index contributed by atoms with van der Waals surface area (Å²) in [7, 11) is 0. The van der Waals surface area contributed by atoms with Gasteiger partial charge in [-0.25, -0.2) is 9.97 Å². The number of amides is 1. The minimum atomic E-state index is -0.928. The van der Waals surface area contributed by atoms with Gasteiger partial charge in [0.05, 0.1) is 40.7 Å². The molecule has 5 aromatic rings. The maximum absolute atomic E-state index is 13.7. The third kappa shape index (κ3) is 4.40. The molecule has 4 heterocycles. The van der Waals surface area contributed by atoms with E-state index in [1.54, 1.807) is 24.3 Å². The summed E-state index contributed by atoms with van der Waals surface area (Å²) in [6.45, 7) is 8.57. The van der Waals surface area contributed by atoms with Crippen LogP contribution in [0.2, 0.25) is 0 Å². The number of nitrogens with zero attached hydrogens (tertiary/aromatic N) is 4. The fourth-order valence-corrected chi connectivity index (χ4v) is 6.21. The van der Waals surface area contributed by atoms with Gasteiger partial charge in [0.1, 0.15) is 22.8 Å². The van der Waals surface area contributed by atoms with Gasteiger partial charge in [-0.15, -0.1) is 0 Å². The molecule has 208 valence electrons. The van der Waals surface area contributed by atoms with Gasteiger partial charge in [-0.3, -0.25) is 14.5 Å². The van der Waals surface area contributed by atoms with Crippen LogP contribution >= 0.6 is 11.3 Å². The number of anilines is 1. The number of rotatable bonds is 7. The van der Waals surface area contributed by atoms with E-state index in [4.69, 9.17) is 14.5 Å². The van der Waals surface area contributed by atoms with Crippen LogP contribution in [-0.4, -0.2) is 44.4 Å². The van der Waals surface area contributed by atoms with E-state index >= 15 is 0 Å². The Morgan fingerprint density at radius 1 is 0.976 bits per heavy atom. The summed E-state index contributed by atoms with van der Waals surface area (Å²) in [4.78, 5) is 38.1. The molecule has 0 bridgehead atoms. The van der Waals surface area contributed by atoms with Crippen LogP contribution in [0.25, 0.3) is 21.6 Å². The second-order valence-electron chi connectivity index (χ2n) is 9.66. The van der Waals surface area contributed by atoms with E-state index in [1.165, 1.54) is 16.2 Å². The third-order valence-corrected chi connectivity index (χ3v) is 8.14. The van der Waals surface area contributed by atoms with Crippen LogP contribution in [0.5, 0.6) is 11.5 Å². The van der Waals surface area contributed by atoms with Crippen molar-refractivity contribution < 1.29 is 24.2 Å². The van der Waals surface area contributed by atoms with E-state index < -0.39 is 17.7 Å². The fraction of sp³-hybridized carbons (Fsp3) is 0.226. The first-order chi connectivity index (χ1) is 19.8. The molecule has 41 heavy (non-hydrogen) atoms. The van der Waals surface area contributed by atoms with Crippen molar-refractivity contribution in [2.75, 3.05) is 18.1 Å². The topological polar surface area (TPSA) is 106 Å². The highest BCUT2D eigenvalue weighted by Gasteiger charge is 2.48. The number of imidazole rings is 1. The number of hydrogen-bond donors (Lipinski definition) is 1. The van der Waals surface area contributed by atoms with Crippen molar-refractivity contribution in [3.8, 4) is 11.5 Å². The zero-order valence-electron chi connectivity index (χ0n) is 23.0. The van der Waals surface area contributed by atoms with E-state index in [1.807, 2.05) is 68.6 Å². The molecule has 1 aliphatic heterocycles. The fourth-order valence-electron chi connectivity index (χ4n) is 5.18. The zero-order chi connectivity index (χ0) is 28.8. The summed E-state index contributed by atoms with van der Waals surface area (Å²) in [5, 5.41) is 12.0. The average Bonchev–Trinajstić information content (AvgIpc) is 3.61. The van der Waals surface area contributed by atoms with Crippen molar-refractivity contribution in [3.63, 3.8) is 0 Å². The molecule has 1 aliphatic rings. The molecule has 0 saturated carbocycles. The Hall–Kier alpha value is -4.70. The second-order valence-corrected chi connectivity index (χ2v) is 10.7. The van der Waals surface area contributed by atoms with Crippen molar-refractivity contribution in [2.45, 2.75) is 33.7 Å². The molecule has 1 fully saturated rings. The number of fused-ring (bicyclic) bond motifs is 2. The monoisotopic (exact) mass is 568 g/mol. The van der Waals surface area contributed by atoms with Crippen LogP contribution in [0.4, 0.5) is 5.13 Å². The highest BCUT2D eigenvalue weighted by Crippen LogP contribution is 2.45. The Labute approximate surface area is 240 Å². The van der Waals surface area contributed by atoms with Crippen molar-refractivity contribution in [1.29, 1.82) is 0 Å². The summed E-state index contributed by atoms with van der Waals surface area (Å²) < 4.78 is 13.9. The standard InChI is InChI=1S/C31H28N4O5S/c1-5-39-20-11-9-19(10-12-20)26-24(27(36)25-18(4)34-15-7-8-17(3)29(34)33-25)28(37)30(38)35(26)31-32-22-14-13-21(40-6-2)16-23(22)41-31/h7-16,26,36H,5-6H2,1-4H3/b27-24+. The molecule has 1 amide bonds. The molecule has 0 spiro atoms. The Morgan fingerprint density at radius 3 is 2.39 bits per heavy atom. The highest BCUT2D eigenvalue weighted by atomic mass is 32.1. The molecule has 10 heteroatoms. The number of benzene rings is 2. The molecule has 3 aromatic heterocycles. The third-order valence-electron chi connectivity index (χ3n) is 7.13. The quantitative estimate of drug-likeness (QED) is 0.146. The number of aromatic nitrogens is 3. The number of carbonyl (C=O) groups excluding carboxylic acids is 2. The second kappa shape index (κ2) is 10.4. The molecule has 1 atom stereocenters. The first kappa shape index (κ1) is 26.5. The van der Waals surface area contributed by atoms with Crippen LogP contribution in [0.3, 0.4) is 0 Å². The number of hydrogen-bond acceptors (Lipinski definition) is 8. The average molecular weight is 569 g/mol. The van der Waals surface area contributed by atoms with Gasteiger partial charge in [0, 0.05) is 6.20 Å². The minimum Gasteiger partial charge on any atom is -0.505 e. The molecule has 1 unspecified atom stereocenters. The molecule has 0 aliphatic carbocycles. The highest BCUT2D eigenvalue weighted by molar-refractivity contribution is 7.22. The van der Waals surface area contributed by atoms with Crippen LogP contribution in [0.15, 0.2) is 66.4 Å². The van der Waals surface area contributed by atoms with E-state index in [-0.39, 0.29) is 17.0 Å². The van der Waals surface area contributed by atoms with Crippen LogP contribution in [0.1, 0.15) is 42.4 Å². The SMILES string of the molecule is CCOc1ccc(C2/C(=C(\O)c3nc4c(C)cccn4c3C)C(=O)C(=O)N2c2nc3ccc(OCC)cc3s2)cc1. The molecule has 1 saturated heterocycles. The lowest BCUT2D eigenvalue weighted by Gasteiger charge is -2.23. The summed E-state index contributed by atoms with van der Waals surface area (Å²) in [6, 6.07) is 15.6. The van der Waals surface area contributed by atoms with E-state index in [0.717, 1.165) is 10.3 Å². The number of pyridine rings is 1.